The zero-order valence-corrected chi connectivity index (χ0v) is 14.2. The van der Waals surface area contributed by atoms with E-state index in [9.17, 15) is 14.7 Å². The highest BCUT2D eigenvalue weighted by Crippen LogP contribution is 2.37. The van der Waals surface area contributed by atoms with Crippen molar-refractivity contribution in [2.75, 3.05) is 13.1 Å². The number of nitrogens with zero attached hydrogens (tertiary/aromatic N) is 1. The molecule has 0 aromatic carbocycles. The van der Waals surface area contributed by atoms with Gasteiger partial charge in [-0.3, -0.25) is 9.59 Å². The van der Waals surface area contributed by atoms with Gasteiger partial charge in [-0.25, -0.2) is 0 Å². The van der Waals surface area contributed by atoms with E-state index < -0.39 is 22.3 Å². The van der Waals surface area contributed by atoms with Gasteiger partial charge in [0.15, 0.2) is 0 Å². The van der Waals surface area contributed by atoms with Gasteiger partial charge in [0, 0.05) is 18.6 Å². The number of carboxylic acids is 1. The fraction of sp³-hybridized carbons (Fsp3) is 0.875. The first-order valence-corrected chi connectivity index (χ1v) is 7.63. The van der Waals surface area contributed by atoms with Crippen LogP contribution in [0.15, 0.2) is 0 Å². The summed E-state index contributed by atoms with van der Waals surface area (Å²) in [6, 6.07) is 0. The van der Waals surface area contributed by atoms with Crippen molar-refractivity contribution in [1.82, 2.24) is 4.90 Å². The minimum atomic E-state index is -0.818. The molecule has 0 radical (unpaired) electrons. The van der Waals surface area contributed by atoms with Crippen LogP contribution in [0.5, 0.6) is 0 Å². The highest BCUT2D eigenvalue weighted by molar-refractivity contribution is 5.83. The number of carboxylic acid groups (broad SMARTS) is 1. The standard InChI is InChI=1S/C16H30N2O3/c1-14(2,13(20)21)11-8-7-9-18(10-11)12(19)15(3,4)16(5,6)17/h11H,7-10,17H2,1-6H3,(H,20,21). The lowest BCUT2D eigenvalue weighted by atomic mass is 9.71. The van der Waals surface area contributed by atoms with E-state index in [1.54, 1.807) is 18.7 Å². The fourth-order valence-corrected chi connectivity index (χ4v) is 2.60. The minimum absolute atomic E-state index is 0.0147. The highest BCUT2D eigenvalue weighted by Gasteiger charge is 2.46. The average molecular weight is 298 g/mol. The second kappa shape index (κ2) is 5.59. The lowest BCUT2D eigenvalue weighted by Crippen LogP contribution is -2.58. The molecule has 1 heterocycles. The largest absolute Gasteiger partial charge is 0.481 e. The van der Waals surface area contributed by atoms with Crippen LogP contribution in [0.2, 0.25) is 0 Å². The molecular formula is C16H30N2O3. The van der Waals surface area contributed by atoms with Gasteiger partial charge >= 0.3 is 5.97 Å². The maximum Gasteiger partial charge on any atom is 0.309 e. The Morgan fingerprint density at radius 2 is 1.67 bits per heavy atom. The summed E-state index contributed by atoms with van der Waals surface area (Å²) in [5.74, 6) is -0.814. The normalized spacial score (nSPS) is 21.3. The van der Waals surface area contributed by atoms with E-state index in [2.05, 4.69) is 0 Å². The van der Waals surface area contributed by atoms with Gasteiger partial charge in [-0.2, -0.15) is 0 Å². The number of nitrogens with two attached hydrogens (primary N) is 1. The first kappa shape index (κ1) is 18.0. The highest BCUT2D eigenvalue weighted by atomic mass is 16.4. The number of hydrogen-bond acceptors (Lipinski definition) is 3. The third-order valence-corrected chi connectivity index (χ3v) is 5.43. The molecule has 0 aliphatic carbocycles. The molecule has 1 aliphatic heterocycles. The summed E-state index contributed by atoms with van der Waals surface area (Å²) >= 11 is 0. The van der Waals surface area contributed by atoms with Gasteiger partial charge < -0.3 is 15.7 Å². The van der Waals surface area contributed by atoms with E-state index in [0.717, 1.165) is 12.8 Å². The number of piperidine rings is 1. The number of amides is 1. The van der Waals surface area contributed by atoms with Crippen molar-refractivity contribution in [3.05, 3.63) is 0 Å². The number of likely N-dealkylation sites (tertiary alicyclic amines) is 1. The number of rotatable bonds is 4. The molecule has 1 rings (SSSR count). The topological polar surface area (TPSA) is 83.6 Å². The summed E-state index contributed by atoms with van der Waals surface area (Å²) in [6.45, 7) is 12.1. The van der Waals surface area contributed by atoms with E-state index in [4.69, 9.17) is 5.73 Å². The lowest BCUT2D eigenvalue weighted by Gasteiger charge is -2.45. The zero-order chi connectivity index (χ0) is 16.6. The third-order valence-electron chi connectivity index (χ3n) is 5.43. The Kier molecular flexibility index (Phi) is 4.78. The van der Waals surface area contributed by atoms with Crippen molar-refractivity contribution in [2.45, 2.75) is 59.9 Å². The Morgan fingerprint density at radius 3 is 2.10 bits per heavy atom. The molecule has 1 fully saturated rings. The smallest absolute Gasteiger partial charge is 0.309 e. The van der Waals surface area contributed by atoms with Gasteiger partial charge in [-0.15, -0.1) is 0 Å². The summed E-state index contributed by atoms with van der Waals surface area (Å²) in [5, 5.41) is 9.38. The van der Waals surface area contributed by atoms with E-state index in [0.29, 0.717) is 13.1 Å². The molecule has 0 saturated carbocycles. The molecule has 21 heavy (non-hydrogen) atoms. The Hall–Kier alpha value is -1.10. The molecule has 1 amide bonds. The second-order valence-electron chi connectivity index (χ2n) is 7.96. The van der Waals surface area contributed by atoms with Crippen LogP contribution < -0.4 is 5.73 Å². The minimum Gasteiger partial charge on any atom is -0.481 e. The maximum atomic E-state index is 12.8. The van der Waals surface area contributed by atoms with E-state index in [1.165, 1.54) is 0 Å². The fourth-order valence-electron chi connectivity index (χ4n) is 2.60. The van der Waals surface area contributed by atoms with Crippen LogP contribution in [0, 0.1) is 16.7 Å². The predicted molar refractivity (Wildman–Crippen MR) is 82.8 cm³/mol. The van der Waals surface area contributed by atoms with Crippen molar-refractivity contribution < 1.29 is 14.7 Å². The number of carbonyl (C=O) groups excluding carboxylic acids is 1. The molecule has 1 atom stereocenters. The Bertz CT molecular complexity index is 422. The average Bonchev–Trinajstić information content (AvgIpc) is 2.36. The quantitative estimate of drug-likeness (QED) is 0.832. The summed E-state index contributed by atoms with van der Waals surface area (Å²) in [7, 11) is 0. The SMILES string of the molecule is CC(C)(C(=O)O)C1CCCN(C(=O)C(C)(C)C(C)(C)N)C1. The number of hydrogen-bond donors (Lipinski definition) is 2. The summed E-state index contributed by atoms with van der Waals surface area (Å²) in [6.07, 6.45) is 1.68. The van der Waals surface area contributed by atoms with Crippen LogP contribution in [-0.4, -0.2) is 40.5 Å². The van der Waals surface area contributed by atoms with Crippen molar-refractivity contribution in [1.29, 1.82) is 0 Å². The number of carbonyl (C=O) groups is 2. The molecule has 1 aliphatic rings. The first-order chi connectivity index (χ1) is 9.31. The van der Waals surface area contributed by atoms with Crippen LogP contribution in [0.3, 0.4) is 0 Å². The molecule has 0 aromatic heterocycles. The predicted octanol–water partition coefficient (Wildman–Crippen LogP) is 2.10. The van der Waals surface area contributed by atoms with E-state index in [-0.39, 0.29) is 11.8 Å². The Morgan fingerprint density at radius 1 is 1.14 bits per heavy atom. The van der Waals surface area contributed by atoms with Gasteiger partial charge in [0.2, 0.25) is 5.91 Å². The van der Waals surface area contributed by atoms with Crippen LogP contribution in [0.4, 0.5) is 0 Å². The molecule has 1 unspecified atom stereocenters. The van der Waals surface area contributed by atoms with Crippen molar-refractivity contribution in [2.24, 2.45) is 22.5 Å². The summed E-state index contributed by atoms with van der Waals surface area (Å²) in [5.41, 5.74) is 4.03. The zero-order valence-electron chi connectivity index (χ0n) is 14.2. The molecule has 3 N–H and O–H groups in total. The van der Waals surface area contributed by atoms with Gasteiger partial charge in [0.25, 0.3) is 0 Å². The second-order valence-corrected chi connectivity index (χ2v) is 7.96. The molecule has 5 heteroatoms. The van der Waals surface area contributed by atoms with Crippen molar-refractivity contribution in [3.8, 4) is 0 Å². The van der Waals surface area contributed by atoms with E-state index >= 15 is 0 Å². The van der Waals surface area contributed by atoms with E-state index in [1.807, 2.05) is 27.7 Å². The van der Waals surface area contributed by atoms with Gasteiger partial charge in [-0.1, -0.05) is 0 Å². The molecule has 0 spiro atoms. The molecule has 0 bridgehead atoms. The van der Waals surface area contributed by atoms with Crippen LogP contribution in [0.25, 0.3) is 0 Å². The molecule has 5 nitrogen and oxygen atoms in total. The molecule has 122 valence electrons. The third kappa shape index (κ3) is 3.39. The summed E-state index contributed by atoms with van der Waals surface area (Å²) < 4.78 is 0. The number of aliphatic carboxylic acids is 1. The monoisotopic (exact) mass is 298 g/mol. The Labute approximate surface area is 127 Å². The molecule has 1 saturated heterocycles. The van der Waals surface area contributed by atoms with Crippen LogP contribution in [-0.2, 0) is 9.59 Å². The van der Waals surface area contributed by atoms with Crippen LogP contribution >= 0.6 is 0 Å². The first-order valence-electron chi connectivity index (χ1n) is 7.63. The molecule has 0 aromatic rings. The molecular weight excluding hydrogens is 268 g/mol. The van der Waals surface area contributed by atoms with Crippen LogP contribution in [0.1, 0.15) is 54.4 Å². The van der Waals surface area contributed by atoms with Gasteiger partial charge in [-0.05, 0) is 60.3 Å². The van der Waals surface area contributed by atoms with Gasteiger partial charge in [0.05, 0.1) is 10.8 Å². The maximum absolute atomic E-state index is 12.8. The van der Waals surface area contributed by atoms with Crippen molar-refractivity contribution >= 4 is 11.9 Å². The Balaban J connectivity index is 2.92. The van der Waals surface area contributed by atoms with Gasteiger partial charge in [0.1, 0.15) is 0 Å². The summed E-state index contributed by atoms with van der Waals surface area (Å²) in [4.78, 5) is 26.0. The van der Waals surface area contributed by atoms with Crippen molar-refractivity contribution in [3.63, 3.8) is 0 Å². The lowest BCUT2D eigenvalue weighted by molar-refractivity contribution is -0.155.